The molecule has 2 aliphatic rings. The van der Waals surface area contributed by atoms with Crippen LogP contribution in [0.2, 0.25) is 0 Å². The molecule has 0 saturated carbocycles. The van der Waals surface area contributed by atoms with E-state index >= 15 is 0 Å². The maximum atomic E-state index is 13.6. The summed E-state index contributed by atoms with van der Waals surface area (Å²) >= 11 is 0. The molecule has 11 heteroatoms. The van der Waals surface area contributed by atoms with Crippen molar-refractivity contribution < 1.29 is 17.6 Å². The van der Waals surface area contributed by atoms with E-state index in [2.05, 4.69) is 15.3 Å². The number of hydrogen-bond donors (Lipinski definition) is 2. The van der Waals surface area contributed by atoms with Crippen LogP contribution in [0.1, 0.15) is 43.4 Å². The summed E-state index contributed by atoms with van der Waals surface area (Å²) < 4.78 is 53.6. The zero-order chi connectivity index (χ0) is 24.7. The topological polar surface area (TPSA) is 83.2 Å². The molecule has 0 aliphatic carbocycles. The molecule has 1 aromatic carbocycles. The average molecular weight is 490 g/mol. The Bertz CT molecular complexity index is 1220. The van der Waals surface area contributed by atoms with E-state index in [4.69, 9.17) is 10.7 Å². The second-order valence-electron chi connectivity index (χ2n) is 9.19. The van der Waals surface area contributed by atoms with Crippen LogP contribution in [0.3, 0.4) is 0 Å². The predicted molar refractivity (Wildman–Crippen MR) is 128 cm³/mol. The summed E-state index contributed by atoms with van der Waals surface area (Å²) in [6.45, 7) is 4.58. The lowest BCUT2D eigenvalue weighted by atomic mass is 10.0. The number of rotatable bonds is 5. The summed E-state index contributed by atoms with van der Waals surface area (Å²) in [4.78, 5) is 18.0. The van der Waals surface area contributed by atoms with E-state index in [9.17, 15) is 17.6 Å². The van der Waals surface area contributed by atoms with Crippen molar-refractivity contribution in [1.29, 1.82) is 0 Å². The lowest BCUT2D eigenvalue weighted by Crippen LogP contribution is -2.38. The number of piperidine rings is 1. The summed E-state index contributed by atoms with van der Waals surface area (Å²) in [6.07, 6.45) is -1.68. The van der Waals surface area contributed by atoms with Crippen molar-refractivity contribution in [2.75, 3.05) is 47.0 Å². The summed E-state index contributed by atoms with van der Waals surface area (Å²) in [6, 6.07) is 4.91. The summed E-state index contributed by atoms with van der Waals surface area (Å²) in [7, 11) is 0. The number of benzene rings is 1. The minimum atomic E-state index is -4.50. The zero-order valence-corrected chi connectivity index (χ0v) is 19.3. The molecule has 2 fully saturated rings. The first-order valence-electron chi connectivity index (χ1n) is 11.7. The van der Waals surface area contributed by atoms with Crippen molar-refractivity contribution in [2.45, 2.75) is 44.6 Å². The standard InChI is InChI=1S/C24H27F4N7/c1-14(15-9-16(24(26,27)28)11-18(29)10-15)31-22-19-12-21(34-7-3-17(25)4-8-34)30-13-20(19)32-23(33-22)35-5-2-6-35/h9-14,17H,2-8,29H2,1H3,(H,31,32,33)/t14-/m1/s1. The van der Waals surface area contributed by atoms with Crippen LogP contribution >= 0.6 is 0 Å². The van der Waals surface area contributed by atoms with Crippen LogP contribution in [0.25, 0.3) is 10.9 Å². The van der Waals surface area contributed by atoms with Crippen molar-refractivity contribution in [2.24, 2.45) is 0 Å². The number of anilines is 4. The van der Waals surface area contributed by atoms with Crippen molar-refractivity contribution in [1.82, 2.24) is 15.0 Å². The second-order valence-corrected chi connectivity index (χ2v) is 9.19. The van der Waals surface area contributed by atoms with Gasteiger partial charge in [-0.25, -0.2) is 14.4 Å². The van der Waals surface area contributed by atoms with Crippen LogP contribution < -0.4 is 20.9 Å². The van der Waals surface area contributed by atoms with Crippen LogP contribution in [-0.4, -0.2) is 47.3 Å². The third kappa shape index (κ3) is 4.89. The Balaban J connectivity index is 1.52. The summed E-state index contributed by atoms with van der Waals surface area (Å²) in [5.41, 5.74) is 6.05. The van der Waals surface area contributed by atoms with Gasteiger partial charge in [0.1, 0.15) is 17.8 Å². The Morgan fingerprint density at radius 1 is 1.03 bits per heavy atom. The quantitative estimate of drug-likeness (QED) is 0.388. The summed E-state index contributed by atoms with van der Waals surface area (Å²) in [5.74, 6) is 1.75. The summed E-state index contributed by atoms with van der Waals surface area (Å²) in [5, 5.41) is 3.98. The SMILES string of the molecule is C[C@@H](Nc1nc(N2CCC2)nc2cnc(N3CCC(F)CC3)cc12)c1cc(N)cc(C(F)(F)F)c1. The molecule has 0 unspecified atom stereocenters. The highest BCUT2D eigenvalue weighted by Gasteiger charge is 2.31. The highest BCUT2D eigenvalue weighted by molar-refractivity contribution is 5.91. The first-order chi connectivity index (χ1) is 16.7. The Kier molecular flexibility index (Phi) is 6.02. The molecule has 0 amide bonds. The van der Waals surface area contributed by atoms with Gasteiger partial charge in [-0.3, -0.25) is 0 Å². The van der Waals surface area contributed by atoms with Crippen molar-refractivity contribution >= 4 is 34.2 Å². The van der Waals surface area contributed by atoms with Crippen LogP contribution in [0.5, 0.6) is 0 Å². The molecule has 4 heterocycles. The molecule has 2 aromatic heterocycles. The fraction of sp³-hybridized carbons (Fsp3) is 0.458. The molecule has 35 heavy (non-hydrogen) atoms. The highest BCUT2D eigenvalue weighted by atomic mass is 19.4. The first kappa shape index (κ1) is 23.4. The van der Waals surface area contributed by atoms with Crippen molar-refractivity contribution in [3.63, 3.8) is 0 Å². The van der Waals surface area contributed by atoms with Gasteiger partial charge in [0.05, 0.1) is 23.3 Å². The largest absolute Gasteiger partial charge is 0.416 e. The predicted octanol–water partition coefficient (Wildman–Crippen LogP) is 4.95. The minimum absolute atomic E-state index is 0.0417. The molecule has 0 spiro atoms. The van der Waals surface area contributed by atoms with Gasteiger partial charge < -0.3 is 20.9 Å². The van der Waals surface area contributed by atoms with E-state index < -0.39 is 24.0 Å². The van der Waals surface area contributed by atoms with Gasteiger partial charge in [0.15, 0.2) is 0 Å². The number of pyridine rings is 1. The zero-order valence-electron chi connectivity index (χ0n) is 19.3. The van der Waals surface area contributed by atoms with E-state index in [1.807, 2.05) is 15.9 Å². The van der Waals surface area contributed by atoms with Crippen molar-refractivity contribution in [3.8, 4) is 0 Å². The van der Waals surface area contributed by atoms with Crippen LogP contribution in [0.4, 0.5) is 40.8 Å². The van der Waals surface area contributed by atoms with E-state index in [1.54, 1.807) is 13.1 Å². The van der Waals surface area contributed by atoms with Gasteiger partial charge in [0.25, 0.3) is 0 Å². The number of fused-ring (bicyclic) bond motifs is 1. The van der Waals surface area contributed by atoms with Gasteiger partial charge in [0, 0.05) is 37.3 Å². The van der Waals surface area contributed by atoms with Gasteiger partial charge in [0.2, 0.25) is 5.95 Å². The number of nitrogens with zero attached hydrogens (tertiary/aromatic N) is 5. The van der Waals surface area contributed by atoms with Gasteiger partial charge in [-0.15, -0.1) is 0 Å². The highest BCUT2D eigenvalue weighted by Crippen LogP contribution is 2.35. The normalized spacial score (nSPS) is 18.0. The van der Waals surface area contributed by atoms with Gasteiger partial charge in [-0.2, -0.15) is 18.2 Å². The van der Waals surface area contributed by atoms with Crippen LogP contribution in [0.15, 0.2) is 30.5 Å². The van der Waals surface area contributed by atoms with E-state index in [0.29, 0.717) is 60.0 Å². The fourth-order valence-electron chi connectivity index (χ4n) is 4.41. The second kappa shape index (κ2) is 9.01. The number of hydrogen-bond acceptors (Lipinski definition) is 7. The Labute approximate surface area is 200 Å². The first-order valence-corrected chi connectivity index (χ1v) is 11.7. The number of aromatic nitrogens is 3. The molecule has 7 nitrogen and oxygen atoms in total. The molecular weight excluding hydrogens is 462 g/mol. The molecule has 3 N–H and O–H groups in total. The van der Waals surface area contributed by atoms with Gasteiger partial charge in [-0.1, -0.05) is 0 Å². The minimum Gasteiger partial charge on any atom is -0.399 e. The maximum Gasteiger partial charge on any atom is 0.416 e. The van der Waals surface area contributed by atoms with Gasteiger partial charge >= 0.3 is 6.18 Å². The average Bonchev–Trinajstić information content (AvgIpc) is 2.77. The number of halogens is 4. The third-order valence-corrected chi connectivity index (χ3v) is 6.60. The number of nitrogen functional groups attached to an aromatic ring is 1. The molecule has 5 rings (SSSR count). The third-order valence-electron chi connectivity index (χ3n) is 6.60. The van der Waals surface area contributed by atoms with E-state index in [-0.39, 0.29) is 5.69 Å². The Hall–Kier alpha value is -3.37. The smallest absolute Gasteiger partial charge is 0.399 e. The monoisotopic (exact) mass is 489 g/mol. The molecule has 3 aromatic rings. The van der Waals surface area contributed by atoms with Crippen LogP contribution in [-0.2, 0) is 6.18 Å². The number of nitrogens with two attached hydrogens (primary N) is 1. The molecule has 0 radical (unpaired) electrons. The molecule has 2 saturated heterocycles. The Morgan fingerprint density at radius 3 is 2.43 bits per heavy atom. The number of alkyl halides is 4. The molecule has 1 atom stereocenters. The molecular formula is C24H27F4N7. The van der Waals surface area contributed by atoms with E-state index in [0.717, 1.165) is 31.6 Å². The van der Waals surface area contributed by atoms with E-state index in [1.165, 1.54) is 6.07 Å². The van der Waals surface area contributed by atoms with Gasteiger partial charge in [-0.05, 0) is 56.0 Å². The molecule has 2 aliphatic heterocycles. The Morgan fingerprint density at radius 2 is 1.77 bits per heavy atom. The molecule has 186 valence electrons. The van der Waals surface area contributed by atoms with Crippen LogP contribution in [0, 0.1) is 0 Å². The maximum absolute atomic E-state index is 13.6. The lowest BCUT2D eigenvalue weighted by Gasteiger charge is -2.32. The van der Waals surface area contributed by atoms with Crippen molar-refractivity contribution in [3.05, 3.63) is 41.6 Å². The molecule has 0 bridgehead atoms. The fourth-order valence-corrected chi connectivity index (χ4v) is 4.41. The number of nitrogens with one attached hydrogen (secondary N) is 1. The lowest BCUT2D eigenvalue weighted by molar-refractivity contribution is -0.137.